The minimum Gasteiger partial charge on any atom is -0.449 e. The maximum absolute atomic E-state index is 10.3. The van der Waals surface area contributed by atoms with Crippen molar-refractivity contribution in [2.24, 2.45) is 0 Å². The molecule has 5 heteroatoms. The number of fused-ring (bicyclic) bond motifs is 1. The van der Waals surface area contributed by atoms with Crippen molar-refractivity contribution in [3.8, 4) is 5.88 Å². The second-order valence-corrected chi connectivity index (χ2v) is 3.11. The van der Waals surface area contributed by atoms with Crippen molar-refractivity contribution in [2.45, 2.75) is 0 Å². The van der Waals surface area contributed by atoms with Gasteiger partial charge in [0.05, 0.1) is 5.02 Å². The fourth-order valence-corrected chi connectivity index (χ4v) is 1.47. The molecule has 2 N–H and O–H groups in total. The first-order valence-corrected chi connectivity index (χ1v) is 4.22. The van der Waals surface area contributed by atoms with E-state index < -0.39 is 6.16 Å². The van der Waals surface area contributed by atoms with Crippen LogP contribution in [0.15, 0.2) is 24.3 Å². The van der Waals surface area contributed by atoms with Crippen molar-refractivity contribution >= 4 is 28.7 Å². The molecule has 0 unspecified atom stereocenters. The predicted molar refractivity (Wildman–Crippen MR) is 52.0 cm³/mol. The molecule has 0 saturated carbocycles. The number of halogens is 1. The van der Waals surface area contributed by atoms with Crippen molar-refractivity contribution in [1.82, 2.24) is 4.98 Å². The van der Waals surface area contributed by atoms with Gasteiger partial charge in [0.25, 0.3) is 0 Å². The Morgan fingerprint density at radius 3 is 2.93 bits per heavy atom. The Morgan fingerprint density at radius 2 is 2.29 bits per heavy atom. The number of ether oxygens (including phenoxy) is 1. The van der Waals surface area contributed by atoms with E-state index in [4.69, 9.17) is 16.7 Å². The lowest BCUT2D eigenvalue weighted by atomic mass is 10.2. The summed E-state index contributed by atoms with van der Waals surface area (Å²) in [6.45, 7) is 0. The number of benzene rings is 1. The fraction of sp³-hybridized carbons (Fsp3) is 0. The first-order chi connectivity index (χ1) is 6.66. The Morgan fingerprint density at radius 1 is 1.50 bits per heavy atom. The largest absolute Gasteiger partial charge is 0.512 e. The van der Waals surface area contributed by atoms with Crippen LogP contribution in [0.2, 0.25) is 5.02 Å². The molecule has 0 spiro atoms. The van der Waals surface area contributed by atoms with E-state index in [1.165, 1.54) is 0 Å². The topological polar surface area (TPSA) is 62.3 Å². The van der Waals surface area contributed by atoms with Gasteiger partial charge in [0.1, 0.15) is 0 Å². The van der Waals surface area contributed by atoms with Crippen LogP contribution >= 0.6 is 11.6 Å². The molecule has 14 heavy (non-hydrogen) atoms. The summed E-state index contributed by atoms with van der Waals surface area (Å²) >= 11 is 5.88. The SMILES string of the molecule is O=C(O)Oc1cc2c(Cl)cccc2[nH]1. The quantitative estimate of drug-likeness (QED) is 0.713. The van der Waals surface area contributed by atoms with Crippen LogP contribution in [0.5, 0.6) is 5.88 Å². The zero-order chi connectivity index (χ0) is 10.1. The minimum absolute atomic E-state index is 0.167. The number of carbonyl (C=O) groups is 1. The molecule has 0 amide bonds. The number of hydrogen-bond acceptors (Lipinski definition) is 2. The molecule has 1 aromatic carbocycles. The van der Waals surface area contributed by atoms with Gasteiger partial charge in [0, 0.05) is 17.0 Å². The number of aromatic amines is 1. The zero-order valence-electron chi connectivity index (χ0n) is 6.95. The molecule has 0 atom stereocenters. The zero-order valence-corrected chi connectivity index (χ0v) is 7.71. The molecule has 0 fully saturated rings. The lowest BCUT2D eigenvalue weighted by molar-refractivity contribution is 0.143. The second kappa shape index (κ2) is 3.23. The van der Waals surface area contributed by atoms with Crippen LogP contribution in [0.4, 0.5) is 4.79 Å². The third-order valence-electron chi connectivity index (χ3n) is 1.78. The maximum atomic E-state index is 10.3. The lowest BCUT2D eigenvalue weighted by Gasteiger charge is -1.91. The van der Waals surface area contributed by atoms with Gasteiger partial charge in [-0.2, -0.15) is 0 Å². The Labute approximate surface area is 84.1 Å². The van der Waals surface area contributed by atoms with Crippen molar-refractivity contribution in [3.63, 3.8) is 0 Å². The maximum Gasteiger partial charge on any atom is 0.512 e. The molecule has 0 radical (unpaired) electrons. The van der Waals surface area contributed by atoms with Crippen LogP contribution in [0.25, 0.3) is 10.9 Å². The van der Waals surface area contributed by atoms with Gasteiger partial charge in [-0.05, 0) is 12.1 Å². The van der Waals surface area contributed by atoms with E-state index in [-0.39, 0.29) is 5.88 Å². The number of hydrogen-bond donors (Lipinski definition) is 2. The van der Waals surface area contributed by atoms with Crippen molar-refractivity contribution < 1.29 is 14.6 Å². The van der Waals surface area contributed by atoms with Crippen LogP contribution in [-0.4, -0.2) is 16.2 Å². The molecule has 0 aliphatic carbocycles. The molecule has 4 nitrogen and oxygen atoms in total. The van der Waals surface area contributed by atoms with Crippen LogP contribution in [0, 0.1) is 0 Å². The second-order valence-electron chi connectivity index (χ2n) is 2.70. The summed E-state index contributed by atoms with van der Waals surface area (Å²) in [7, 11) is 0. The van der Waals surface area contributed by atoms with Gasteiger partial charge in [-0.25, -0.2) is 4.79 Å². The Balaban J connectivity index is 2.51. The van der Waals surface area contributed by atoms with E-state index in [1.54, 1.807) is 24.3 Å². The minimum atomic E-state index is -1.35. The highest BCUT2D eigenvalue weighted by atomic mass is 35.5. The molecule has 0 aliphatic rings. The van der Waals surface area contributed by atoms with Crippen molar-refractivity contribution in [1.29, 1.82) is 0 Å². The summed E-state index contributed by atoms with van der Waals surface area (Å²) in [5.74, 6) is 0.167. The van der Waals surface area contributed by atoms with Gasteiger partial charge in [0.15, 0.2) is 0 Å². The highest BCUT2D eigenvalue weighted by molar-refractivity contribution is 6.35. The summed E-state index contributed by atoms with van der Waals surface area (Å²) in [5.41, 5.74) is 0.744. The fourth-order valence-electron chi connectivity index (χ4n) is 1.24. The molecule has 2 aromatic rings. The molecule has 0 aliphatic heterocycles. The summed E-state index contributed by atoms with van der Waals surface area (Å²) in [5, 5.41) is 9.68. The molecule has 72 valence electrons. The molecule has 0 bridgehead atoms. The molecule has 2 rings (SSSR count). The van der Waals surface area contributed by atoms with E-state index in [0.717, 1.165) is 10.9 Å². The lowest BCUT2D eigenvalue weighted by Crippen LogP contribution is -2.02. The molecular weight excluding hydrogens is 206 g/mol. The first kappa shape index (κ1) is 8.90. The average Bonchev–Trinajstić information content (AvgIpc) is 2.47. The van der Waals surface area contributed by atoms with Gasteiger partial charge < -0.3 is 14.8 Å². The van der Waals surface area contributed by atoms with E-state index in [0.29, 0.717) is 5.02 Å². The average molecular weight is 212 g/mol. The van der Waals surface area contributed by atoms with E-state index >= 15 is 0 Å². The summed E-state index contributed by atoms with van der Waals surface area (Å²) in [4.78, 5) is 13.0. The van der Waals surface area contributed by atoms with Gasteiger partial charge in [-0.1, -0.05) is 17.7 Å². The summed E-state index contributed by atoms with van der Waals surface area (Å²) in [6.07, 6.45) is -1.35. The third-order valence-corrected chi connectivity index (χ3v) is 2.11. The van der Waals surface area contributed by atoms with Gasteiger partial charge in [-0.3, -0.25) is 0 Å². The Hall–Kier alpha value is -1.68. The monoisotopic (exact) mass is 211 g/mol. The highest BCUT2D eigenvalue weighted by Crippen LogP contribution is 2.26. The van der Waals surface area contributed by atoms with Gasteiger partial charge in [-0.15, -0.1) is 0 Å². The Bertz CT molecular complexity index is 492. The first-order valence-electron chi connectivity index (χ1n) is 3.85. The van der Waals surface area contributed by atoms with Crippen molar-refractivity contribution in [3.05, 3.63) is 29.3 Å². The van der Waals surface area contributed by atoms with E-state index in [9.17, 15) is 4.79 Å². The normalized spacial score (nSPS) is 10.4. The van der Waals surface area contributed by atoms with E-state index in [1.807, 2.05) is 0 Å². The van der Waals surface area contributed by atoms with E-state index in [2.05, 4.69) is 9.72 Å². The molecule has 1 aromatic heterocycles. The van der Waals surface area contributed by atoms with Crippen LogP contribution in [0.3, 0.4) is 0 Å². The Kier molecular flexibility index (Phi) is 2.05. The number of carboxylic acid groups (broad SMARTS) is 1. The highest BCUT2D eigenvalue weighted by Gasteiger charge is 2.07. The van der Waals surface area contributed by atoms with Gasteiger partial charge in [0.2, 0.25) is 5.88 Å². The van der Waals surface area contributed by atoms with Crippen LogP contribution < -0.4 is 4.74 Å². The van der Waals surface area contributed by atoms with Crippen LogP contribution in [-0.2, 0) is 0 Å². The number of nitrogens with one attached hydrogen (secondary N) is 1. The smallest absolute Gasteiger partial charge is 0.449 e. The summed E-state index contributed by atoms with van der Waals surface area (Å²) < 4.78 is 4.46. The standard InChI is InChI=1S/C9H6ClNO3/c10-6-2-1-3-7-5(6)4-8(11-7)14-9(12)13/h1-4,11H,(H,12,13). The molecular formula is C9H6ClNO3. The van der Waals surface area contributed by atoms with Crippen LogP contribution in [0.1, 0.15) is 0 Å². The third kappa shape index (κ3) is 1.52. The predicted octanol–water partition coefficient (Wildman–Crippen LogP) is 2.88. The summed E-state index contributed by atoms with van der Waals surface area (Å²) in [6, 6.07) is 6.83. The van der Waals surface area contributed by atoms with Crippen molar-refractivity contribution in [2.75, 3.05) is 0 Å². The molecule has 0 saturated heterocycles. The van der Waals surface area contributed by atoms with Gasteiger partial charge >= 0.3 is 6.16 Å². The number of rotatable bonds is 1. The number of aromatic nitrogens is 1. The number of H-pyrrole nitrogens is 1. The molecule has 1 heterocycles.